The summed E-state index contributed by atoms with van der Waals surface area (Å²) < 4.78 is 5.18. The summed E-state index contributed by atoms with van der Waals surface area (Å²) in [5.41, 5.74) is 1.14. The molecule has 1 aliphatic rings. The van der Waals surface area contributed by atoms with Gasteiger partial charge < -0.3 is 14.5 Å². The topological polar surface area (TPSA) is 49.9 Å². The number of benzene rings is 1. The lowest BCUT2D eigenvalue weighted by Gasteiger charge is -2.36. The molecule has 2 aromatic rings. The smallest absolute Gasteiger partial charge is 0.223 e. The van der Waals surface area contributed by atoms with Crippen molar-refractivity contribution in [2.45, 2.75) is 12.8 Å². The van der Waals surface area contributed by atoms with E-state index in [1.165, 1.54) is 11.3 Å². The number of piperazine rings is 1. The largest absolute Gasteiger partial charge is 0.497 e. The Hall–Kier alpha value is -2.34. The molecule has 0 radical (unpaired) electrons. The molecule has 5 nitrogen and oxygen atoms in total. The first-order chi connectivity index (χ1) is 12.2. The maximum Gasteiger partial charge on any atom is 0.223 e. The highest BCUT2D eigenvalue weighted by molar-refractivity contribution is 7.12. The molecule has 1 aromatic carbocycles. The number of hydrogen-bond acceptors (Lipinski definition) is 5. The summed E-state index contributed by atoms with van der Waals surface area (Å²) in [5.74, 6) is 0.965. The molecule has 0 unspecified atom stereocenters. The molecule has 0 atom stereocenters. The lowest BCUT2D eigenvalue weighted by atomic mass is 10.1. The molecular formula is C19H22N2O3S. The zero-order chi connectivity index (χ0) is 17.6. The van der Waals surface area contributed by atoms with Crippen LogP contribution in [0.1, 0.15) is 22.5 Å². The van der Waals surface area contributed by atoms with Crippen LogP contribution in [-0.4, -0.2) is 49.9 Å². The minimum Gasteiger partial charge on any atom is -0.497 e. The van der Waals surface area contributed by atoms with E-state index in [4.69, 9.17) is 4.74 Å². The normalized spacial score (nSPS) is 14.4. The maximum absolute atomic E-state index is 12.3. The molecule has 6 heteroatoms. The average Bonchev–Trinajstić information content (AvgIpc) is 3.21. The Morgan fingerprint density at radius 3 is 2.36 bits per heavy atom. The second-order valence-corrected chi connectivity index (χ2v) is 6.91. The van der Waals surface area contributed by atoms with Crippen molar-refractivity contribution in [1.82, 2.24) is 4.90 Å². The number of anilines is 1. The maximum atomic E-state index is 12.3. The van der Waals surface area contributed by atoms with E-state index in [-0.39, 0.29) is 18.1 Å². The quantitative estimate of drug-likeness (QED) is 0.745. The number of methoxy groups -OCH3 is 1. The third-order valence-electron chi connectivity index (χ3n) is 4.43. The first-order valence-corrected chi connectivity index (χ1v) is 9.29. The van der Waals surface area contributed by atoms with E-state index in [1.54, 1.807) is 7.11 Å². The van der Waals surface area contributed by atoms with Crippen molar-refractivity contribution in [3.63, 3.8) is 0 Å². The highest BCUT2D eigenvalue weighted by Gasteiger charge is 2.22. The van der Waals surface area contributed by atoms with Crippen LogP contribution >= 0.6 is 11.3 Å². The summed E-state index contributed by atoms with van der Waals surface area (Å²) >= 11 is 1.43. The van der Waals surface area contributed by atoms with Crippen molar-refractivity contribution in [3.8, 4) is 5.75 Å². The molecule has 1 aliphatic heterocycles. The molecule has 132 valence electrons. The van der Waals surface area contributed by atoms with Gasteiger partial charge >= 0.3 is 0 Å². The standard InChI is InChI=1S/C19H22N2O3S/c1-24-16-6-4-15(5-7-16)20-10-12-21(13-11-20)19(23)9-8-17(22)18-3-2-14-25-18/h2-7,14H,8-13H2,1H3. The Bertz CT molecular complexity index is 705. The van der Waals surface area contributed by atoms with Gasteiger partial charge in [0.15, 0.2) is 5.78 Å². The molecule has 25 heavy (non-hydrogen) atoms. The van der Waals surface area contributed by atoms with E-state index in [1.807, 2.05) is 46.7 Å². The van der Waals surface area contributed by atoms with E-state index in [0.717, 1.165) is 29.4 Å². The highest BCUT2D eigenvalue weighted by Crippen LogP contribution is 2.21. The van der Waals surface area contributed by atoms with Gasteiger partial charge in [0.1, 0.15) is 5.75 Å². The average molecular weight is 358 g/mol. The third-order valence-corrected chi connectivity index (χ3v) is 5.34. The fourth-order valence-electron chi connectivity index (χ4n) is 2.95. The van der Waals surface area contributed by atoms with Crippen LogP contribution in [0.4, 0.5) is 5.69 Å². The first-order valence-electron chi connectivity index (χ1n) is 8.41. The summed E-state index contributed by atoms with van der Waals surface area (Å²) in [5, 5.41) is 1.88. The van der Waals surface area contributed by atoms with Gasteiger partial charge in [-0.25, -0.2) is 0 Å². The summed E-state index contributed by atoms with van der Waals surface area (Å²) in [7, 11) is 1.66. The molecule has 0 saturated carbocycles. The number of thiophene rings is 1. The Balaban J connectivity index is 1.46. The Kier molecular flexibility index (Phi) is 5.71. The third kappa shape index (κ3) is 4.39. The van der Waals surface area contributed by atoms with Crippen LogP contribution < -0.4 is 9.64 Å². The first kappa shape index (κ1) is 17.5. The van der Waals surface area contributed by atoms with Crippen LogP contribution in [0.3, 0.4) is 0 Å². The van der Waals surface area contributed by atoms with Crippen molar-refractivity contribution in [2.75, 3.05) is 38.2 Å². The van der Waals surface area contributed by atoms with E-state index in [2.05, 4.69) is 4.90 Å². The van der Waals surface area contributed by atoms with Gasteiger partial charge in [0.25, 0.3) is 0 Å². The molecule has 1 amide bonds. The van der Waals surface area contributed by atoms with Crippen molar-refractivity contribution in [2.24, 2.45) is 0 Å². The van der Waals surface area contributed by atoms with Crippen molar-refractivity contribution < 1.29 is 14.3 Å². The van der Waals surface area contributed by atoms with Gasteiger partial charge in [-0.1, -0.05) is 6.07 Å². The molecule has 0 bridgehead atoms. The number of Topliss-reactive ketones (excluding diaryl/α,β-unsaturated/α-hetero) is 1. The predicted octanol–water partition coefficient (Wildman–Crippen LogP) is 3.07. The van der Waals surface area contributed by atoms with E-state index < -0.39 is 0 Å². The Morgan fingerprint density at radius 1 is 1.04 bits per heavy atom. The zero-order valence-electron chi connectivity index (χ0n) is 14.3. The van der Waals surface area contributed by atoms with Gasteiger partial charge in [0.2, 0.25) is 5.91 Å². The molecule has 2 heterocycles. The molecule has 0 aliphatic carbocycles. The van der Waals surface area contributed by atoms with Crippen LogP contribution in [0.25, 0.3) is 0 Å². The van der Waals surface area contributed by atoms with Crippen LogP contribution in [0, 0.1) is 0 Å². The van der Waals surface area contributed by atoms with Crippen LogP contribution in [0.15, 0.2) is 41.8 Å². The van der Waals surface area contributed by atoms with Crippen LogP contribution in [0.5, 0.6) is 5.75 Å². The molecule has 3 rings (SSSR count). The number of rotatable bonds is 6. The number of hydrogen-bond donors (Lipinski definition) is 0. The van der Waals surface area contributed by atoms with Crippen LogP contribution in [-0.2, 0) is 4.79 Å². The van der Waals surface area contributed by atoms with Gasteiger partial charge in [-0.3, -0.25) is 9.59 Å². The monoisotopic (exact) mass is 358 g/mol. The number of carbonyl (C=O) groups excluding carboxylic acids is 2. The SMILES string of the molecule is COc1ccc(N2CCN(C(=O)CCC(=O)c3cccs3)CC2)cc1. The summed E-state index contributed by atoms with van der Waals surface area (Å²) in [4.78, 5) is 29.2. The highest BCUT2D eigenvalue weighted by atomic mass is 32.1. The van der Waals surface area contributed by atoms with Gasteiger partial charge in [0.05, 0.1) is 12.0 Å². The van der Waals surface area contributed by atoms with Gasteiger partial charge in [-0.15, -0.1) is 11.3 Å². The molecule has 1 aromatic heterocycles. The molecule has 1 fully saturated rings. The Labute approximate surface area is 151 Å². The number of carbonyl (C=O) groups is 2. The minimum atomic E-state index is 0.0558. The lowest BCUT2D eigenvalue weighted by Crippen LogP contribution is -2.48. The zero-order valence-corrected chi connectivity index (χ0v) is 15.1. The Morgan fingerprint density at radius 2 is 1.76 bits per heavy atom. The van der Waals surface area contributed by atoms with Crippen molar-refractivity contribution in [3.05, 3.63) is 46.7 Å². The van der Waals surface area contributed by atoms with Crippen molar-refractivity contribution >= 4 is 28.7 Å². The summed E-state index contributed by atoms with van der Waals surface area (Å²) in [6.07, 6.45) is 0.581. The van der Waals surface area contributed by atoms with Gasteiger partial charge in [-0.05, 0) is 35.7 Å². The van der Waals surface area contributed by atoms with Gasteiger partial charge in [-0.2, -0.15) is 0 Å². The molecule has 1 saturated heterocycles. The van der Waals surface area contributed by atoms with E-state index in [9.17, 15) is 9.59 Å². The van der Waals surface area contributed by atoms with Crippen LogP contribution in [0.2, 0.25) is 0 Å². The fourth-order valence-corrected chi connectivity index (χ4v) is 3.64. The van der Waals surface area contributed by atoms with E-state index in [0.29, 0.717) is 19.5 Å². The minimum absolute atomic E-state index is 0.0558. The number of nitrogens with zero attached hydrogens (tertiary/aromatic N) is 2. The molecule has 0 spiro atoms. The second-order valence-electron chi connectivity index (χ2n) is 5.97. The molecule has 0 N–H and O–H groups in total. The fraction of sp³-hybridized carbons (Fsp3) is 0.368. The predicted molar refractivity (Wildman–Crippen MR) is 99.7 cm³/mol. The lowest BCUT2D eigenvalue weighted by molar-refractivity contribution is -0.131. The number of ether oxygens (including phenoxy) is 1. The summed E-state index contributed by atoms with van der Waals surface area (Å²) in [6.45, 7) is 2.99. The van der Waals surface area contributed by atoms with Crippen molar-refractivity contribution in [1.29, 1.82) is 0 Å². The number of amides is 1. The van der Waals surface area contributed by atoms with Gasteiger partial charge in [0, 0.05) is 44.7 Å². The number of ketones is 1. The van der Waals surface area contributed by atoms with E-state index >= 15 is 0 Å². The summed E-state index contributed by atoms with van der Waals surface area (Å²) in [6, 6.07) is 11.6. The molecular weight excluding hydrogens is 336 g/mol. The second kappa shape index (κ2) is 8.16.